The fraction of sp³-hybridized carbons (Fsp3) is 0.417. The second-order valence-electron chi connectivity index (χ2n) is 3.82. The van der Waals surface area contributed by atoms with Crippen molar-refractivity contribution < 1.29 is 4.79 Å². The Morgan fingerprint density at radius 1 is 1.20 bits per heavy atom. The Balaban J connectivity index is 2.54. The zero-order valence-corrected chi connectivity index (χ0v) is 9.53. The molecule has 3 heteroatoms. The summed E-state index contributed by atoms with van der Waals surface area (Å²) in [6.45, 7) is 1.62. The standard InChI is InChI=1S/C12H17N2O/c1-13(2)9-10-14(3)12(15)11-7-5-4-6-8-11/h5-8H,9-10H2,1-3H3. The van der Waals surface area contributed by atoms with E-state index >= 15 is 0 Å². The number of hydrogen-bond donors (Lipinski definition) is 0. The van der Waals surface area contributed by atoms with Crippen LogP contribution in [-0.2, 0) is 0 Å². The molecule has 1 amide bonds. The summed E-state index contributed by atoms with van der Waals surface area (Å²) in [5.74, 6) is 0.0610. The molecule has 0 aliphatic carbocycles. The number of rotatable bonds is 4. The Morgan fingerprint density at radius 2 is 1.80 bits per heavy atom. The molecule has 1 aromatic carbocycles. The summed E-state index contributed by atoms with van der Waals surface area (Å²) in [6.07, 6.45) is 0. The van der Waals surface area contributed by atoms with Crippen LogP contribution in [0.2, 0.25) is 0 Å². The van der Waals surface area contributed by atoms with Crippen LogP contribution < -0.4 is 0 Å². The molecular weight excluding hydrogens is 188 g/mol. The summed E-state index contributed by atoms with van der Waals surface area (Å²) in [6, 6.07) is 9.98. The fourth-order valence-corrected chi connectivity index (χ4v) is 1.20. The van der Waals surface area contributed by atoms with Crippen molar-refractivity contribution in [3.8, 4) is 0 Å². The van der Waals surface area contributed by atoms with Gasteiger partial charge in [-0.05, 0) is 32.3 Å². The van der Waals surface area contributed by atoms with Gasteiger partial charge in [-0.25, -0.2) is 0 Å². The van der Waals surface area contributed by atoms with E-state index in [2.05, 4.69) is 11.0 Å². The highest BCUT2D eigenvalue weighted by Crippen LogP contribution is 2.02. The van der Waals surface area contributed by atoms with E-state index < -0.39 is 0 Å². The highest BCUT2D eigenvalue weighted by molar-refractivity contribution is 5.93. The lowest BCUT2D eigenvalue weighted by Gasteiger charge is -2.19. The van der Waals surface area contributed by atoms with Gasteiger partial charge in [0.2, 0.25) is 0 Å². The first-order valence-electron chi connectivity index (χ1n) is 4.97. The van der Waals surface area contributed by atoms with Crippen LogP contribution in [0.4, 0.5) is 0 Å². The van der Waals surface area contributed by atoms with Gasteiger partial charge in [-0.1, -0.05) is 12.1 Å². The predicted molar refractivity (Wildman–Crippen MR) is 60.8 cm³/mol. The lowest BCUT2D eigenvalue weighted by molar-refractivity contribution is 0.0786. The molecule has 81 valence electrons. The van der Waals surface area contributed by atoms with E-state index in [1.165, 1.54) is 0 Å². The minimum atomic E-state index is 0.0610. The molecule has 3 nitrogen and oxygen atoms in total. The topological polar surface area (TPSA) is 23.6 Å². The van der Waals surface area contributed by atoms with Crippen LogP contribution >= 0.6 is 0 Å². The summed E-state index contributed by atoms with van der Waals surface area (Å²) in [4.78, 5) is 15.6. The third-order valence-corrected chi connectivity index (χ3v) is 2.19. The number of amides is 1. The largest absolute Gasteiger partial charge is 0.340 e. The average Bonchev–Trinajstić information content (AvgIpc) is 2.26. The van der Waals surface area contributed by atoms with Gasteiger partial charge >= 0.3 is 0 Å². The molecule has 0 unspecified atom stereocenters. The summed E-state index contributed by atoms with van der Waals surface area (Å²) >= 11 is 0. The first-order valence-corrected chi connectivity index (χ1v) is 4.97. The highest BCUT2D eigenvalue weighted by atomic mass is 16.2. The number of benzene rings is 1. The van der Waals surface area contributed by atoms with Gasteiger partial charge < -0.3 is 9.80 Å². The number of likely N-dealkylation sites (N-methyl/N-ethyl adjacent to an activating group) is 2. The minimum absolute atomic E-state index is 0.0610. The van der Waals surface area contributed by atoms with Crippen molar-refractivity contribution in [2.45, 2.75) is 0 Å². The van der Waals surface area contributed by atoms with E-state index in [1.807, 2.05) is 21.1 Å². The first kappa shape index (κ1) is 11.7. The van der Waals surface area contributed by atoms with Crippen molar-refractivity contribution in [1.82, 2.24) is 9.80 Å². The molecule has 0 aliphatic heterocycles. The molecule has 0 N–H and O–H groups in total. The Hall–Kier alpha value is -1.35. The van der Waals surface area contributed by atoms with Gasteiger partial charge in [0.1, 0.15) is 0 Å². The van der Waals surface area contributed by atoms with Gasteiger partial charge in [-0.3, -0.25) is 4.79 Å². The molecule has 0 spiro atoms. The summed E-state index contributed by atoms with van der Waals surface area (Å²) in [7, 11) is 5.81. The van der Waals surface area contributed by atoms with Gasteiger partial charge in [0.25, 0.3) is 5.91 Å². The maximum atomic E-state index is 11.9. The molecule has 0 saturated carbocycles. The van der Waals surface area contributed by atoms with E-state index in [0.717, 1.165) is 18.7 Å². The average molecular weight is 205 g/mol. The number of carbonyl (C=O) groups excluding carboxylic acids is 1. The van der Waals surface area contributed by atoms with Crippen molar-refractivity contribution in [3.05, 3.63) is 35.9 Å². The van der Waals surface area contributed by atoms with Gasteiger partial charge in [-0.15, -0.1) is 0 Å². The lowest BCUT2D eigenvalue weighted by Crippen LogP contribution is -2.33. The molecule has 1 rings (SSSR count). The van der Waals surface area contributed by atoms with Crippen LogP contribution in [0, 0.1) is 6.07 Å². The van der Waals surface area contributed by atoms with E-state index in [4.69, 9.17) is 0 Å². The maximum Gasteiger partial charge on any atom is 0.253 e. The molecule has 0 saturated heterocycles. The van der Waals surface area contributed by atoms with Crippen LogP contribution in [0.15, 0.2) is 24.3 Å². The van der Waals surface area contributed by atoms with Crippen LogP contribution in [-0.4, -0.2) is 49.9 Å². The molecule has 0 bridgehead atoms. The van der Waals surface area contributed by atoms with Crippen LogP contribution in [0.1, 0.15) is 10.4 Å². The van der Waals surface area contributed by atoms with Gasteiger partial charge in [-0.2, -0.15) is 0 Å². The quantitative estimate of drug-likeness (QED) is 0.735. The lowest BCUT2D eigenvalue weighted by atomic mass is 10.2. The fourth-order valence-electron chi connectivity index (χ4n) is 1.20. The number of nitrogens with zero attached hydrogens (tertiary/aromatic N) is 2. The Kier molecular flexibility index (Phi) is 4.31. The highest BCUT2D eigenvalue weighted by Gasteiger charge is 2.10. The van der Waals surface area contributed by atoms with Gasteiger partial charge in [0.05, 0.1) is 0 Å². The summed E-state index contributed by atoms with van der Waals surface area (Å²) in [5.41, 5.74) is 0.718. The molecule has 1 aromatic rings. The second-order valence-corrected chi connectivity index (χ2v) is 3.82. The van der Waals surface area contributed by atoms with Crippen molar-refractivity contribution in [3.63, 3.8) is 0 Å². The van der Waals surface area contributed by atoms with Crippen LogP contribution in [0.3, 0.4) is 0 Å². The Labute approximate surface area is 91.3 Å². The summed E-state index contributed by atoms with van der Waals surface area (Å²) < 4.78 is 0. The summed E-state index contributed by atoms with van der Waals surface area (Å²) in [5, 5.41) is 0. The van der Waals surface area contributed by atoms with Gasteiger partial charge in [0.15, 0.2) is 0 Å². The molecule has 15 heavy (non-hydrogen) atoms. The molecule has 0 aromatic heterocycles. The van der Waals surface area contributed by atoms with E-state index in [0.29, 0.717) is 0 Å². The van der Waals surface area contributed by atoms with Crippen LogP contribution in [0.5, 0.6) is 0 Å². The first-order chi connectivity index (χ1) is 7.11. The zero-order chi connectivity index (χ0) is 11.3. The Morgan fingerprint density at radius 3 is 2.33 bits per heavy atom. The van der Waals surface area contributed by atoms with Crippen molar-refractivity contribution in [1.29, 1.82) is 0 Å². The van der Waals surface area contributed by atoms with E-state index in [9.17, 15) is 4.79 Å². The van der Waals surface area contributed by atoms with Crippen LogP contribution in [0.25, 0.3) is 0 Å². The monoisotopic (exact) mass is 205 g/mol. The normalized spacial score (nSPS) is 10.4. The van der Waals surface area contributed by atoms with Crippen molar-refractivity contribution >= 4 is 5.91 Å². The molecule has 0 aliphatic rings. The van der Waals surface area contributed by atoms with Crippen molar-refractivity contribution in [2.24, 2.45) is 0 Å². The SMILES string of the molecule is CN(C)CCN(C)C(=O)c1cc[c]cc1. The molecule has 0 atom stereocenters. The molecule has 0 fully saturated rings. The maximum absolute atomic E-state index is 11.9. The Bertz CT molecular complexity index is 309. The van der Waals surface area contributed by atoms with E-state index in [-0.39, 0.29) is 5.91 Å². The molecule has 1 radical (unpaired) electrons. The van der Waals surface area contributed by atoms with Crippen molar-refractivity contribution in [2.75, 3.05) is 34.2 Å². The number of hydrogen-bond acceptors (Lipinski definition) is 2. The van der Waals surface area contributed by atoms with Gasteiger partial charge in [0, 0.05) is 25.7 Å². The van der Waals surface area contributed by atoms with E-state index in [1.54, 1.807) is 29.2 Å². The smallest absolute Gasteiger partial charge is 0.253 e. The molecule has 0 heterocycles. The minimum Gasteiger partial charge on any atom is -0.340 e. The molecular formula is C12H17N2O. The predicted octanol–water partition coefficient (Wildman–Crippen LogP) is 1.12. The third kappa shape index (κ3) is 3.72. The number of carbonyl (C=O) groups is 1. The second kappa shape index (κ2) is 5.51. The third-order valence-electron chi connectivity index (χ3n) is 2.19. The zero-order valence-electron chi connectivity index (χ0n) is 9.53.